The largest absolute Gasteiger partial charge is 0.458 e. The molecule has 0 unspecified atom stereocenters. The number of oxazole rings is 1. The zero-order valence-electron chi connectivity index (χ0n) is 13.7. The van der Waals surface area contributed by atoms with Crippen LogP contribution in [0.2, 0.25) is 0 Å². The Bertz CT molecular complexity index is 526. The van der Waals surface area contributed by atoms with E-state index in [4.69, 9.17) is 9.15 Å². The van der Waals surface area contributed by atoms with Gasteiger partial charge in [-0.2, -0.15) is 0 Å². The Balaban J connectivity index is 2.86. The second-order valence-electron chi connectivity index (χ2n) is 6.38. The van der Waals surface area contributed by atoms with Gasteiger partial charge in [-0.1, -0.05) is 13.8 Å². The predicted molar refractivity (Wildman–Crippen MR) is 77.9 cm³/mol. The first kappa shape index (κ1) is 17.2. The fourth-order valence-corrected chi connectivity index (χ4v) is 1.81. The highest BCUT2D eigenvalue weighted by Gasteiger charge is 2.30. The fraction of sp³-hybridized carbons (Fsp3) is 0.667. The molecule has 1 amide bonds. The Hall–Kier alpha value is -1.85. The first-order valence-corrected chi connectivity index (χ1v) is 6.99. The molecule has 6 heteroatoms. The Kier molecular flexibility index (Phi) is 5.15. The highest BCUT2D eigenvalue weighted by atomic mass is 16.6. The van der Waals surface area contributed by atoms with Crippen molar-refractivity contribution in [1.29, 1.82) is 0 Å². The lowest BCUT2D eigenvalue weighted by atomic mass is 10.0. The molecule has 118 valence electrons. The van der Waals surface area contributed by atoms with Crippen molar-refractivity contribution in [3.63, 3.8) is 0 Å². The summed E-state index contributed by atoms with van der Waals surface area (Å²) < 4.78 is 10.6. The van der Waals surface area contributed by atoms with Crippen molar-refractivity contribution >= 4 is 11.9 Å². The Morgan fingerprint density at radius 3 is 2.19 bits per heavy atom. The molecule has 1 rings (SSSR count). The summed E-state index contributed by atoms with van der Waals surface area (Å²) in [6, 6.07) is -0.735. The summed E-state index contributed by atoms with van der Waals surface area (Å²) in [5, 5.41) is 2.66. The van der Waals surface area contributed by atoms with Crippen molar-refractivity contribution in [3.8, 4) is 0 Å². The minimum atomic E-state index is -0.735. The molecule has 1 aromatic heterocycles. The van der Waals surface area contributed by atoms with Crippen LogP contribution in [0.5, 0.6) is 0 Å². The van der Waals surface area contributed by atoms with E-state index in [0.717, 1.165) is 0 Å². The lowest BCUT2D eigenvalue weighted by Crippen LogP contribution is -2.47. The lowest BCUT2D eigenvalue weighted by Gasteiger charge is -2.26. The zero-order valence-corrected chi connectivity index (χ0v) is 13.7. The normalized spacial score (nSPS) is 13.1. The van der Waals surface area contributed by atoms with Gasteiger partial charge < -0.3 is 14.5 Å². The minimum absolute atomic E-state index is 0.104. The van der Waals surface area contributed by atoms with E-state index in [1.807, 2.05) is 13.8 Å². The lowest BCUT2D eigenvalue weighted by molar-refractivity contribution is -0.158. The van der Waals surface area contributed by atoms with Crippen molar-refractivity contribution in [1.82, 2.24) is 10.3 Å². The highest BCUT2D eigenvalue weighted by Crippen LogP contribution is 2.14. The van der Waals surface area contributed by atoms with Crippen LogP contribution in [0.1, 0.15) is 56.8 Å². The van der Waals surface area contributed by atoms with Crippen molar-refractivity contribution in [2.75, 3.05) is 0 Å². The molecule has 6 nitrogen and oxygen atoms in total. The number of aryl methyl sites for hydroxylation is 2. The number of rotatable bonds is 4. The SMILES string of the molecule is Cc1nc(C)c(C(=O)N[C@H](C(=O)OC(C)(C)C)C(C)C)o1. The van der Waals surface area contributed by atoms with E-state index < -0.39 is 23.5 Å². The summed E-state index contributed by atoms with van der Waals surface area (Å²) in [4.78, 5) is 28.4. The number of nitrogens with one attached hydrogen (secondary N) is 1. The third-order valence-corrected chi connectivity index (χ3v) is 2.72. The van der Waals surface area contributed by atoms with E-state index in [9.17, 15) is 9.59 Å². The molecule has 0 saturated carbocycles. The molecule has 0 spiro atoms. The number of hydrogen-bond donors (Lipinski definition) is 1. The number of amides is 1. The molecule has 1 aromatic rings. The Labute approximate surface area is 125 Å². The molecule has 21 heavy (non-hydrogen) atoms. The van der Waals surface area contributed by atoms with Gasteiger partial charge in [0.1, 0.15) is 11.6 Å². The molecular formula is C15H24N2O4. The van der Waals surface area contributed by atoms with Crippen LogP contribution in [0.15, 0.2) is 4.42 Å². The van der Waals surface area contributed by atoms with Gasteiger partial charge in [-0.15, -0.1) is 0 Å². The molecule has 0 aliphatic carbocycles. The monoisotopic (exact) mass is 296 g/mol. The zero-order chi connectivity index (χ0) is 16.4. The fourth-order valence-electron chi connectivity index (χ4n) is 1.81. The van der Waals surface area contributed by atoms with Gasteiger partial charge in [0.2, 0.25) is 5.76 Å². The third-order valence-electron chi connectivity index (χ3n) is 2.72. The van der Waals surface area contributed by atoms with Crippen molar-refractivity contribution in [3.05, 3.63) is 17.3 Å². The quantitative estimate of drug-likeness (QED) is 0.863. The van der Waals surface area contributed by atoms with Crippen LogP contribution in [-0.4, -0.2) is 28.5 Å². The molecule has 0 aromatic carbocycles. The van der Waals surface area contributed by atoms with Gasteiger partial charge in [0.05, 0.1) is 5.69 Å². The standard InChI is InChI=1S/C15H24N2O4/c1-8(2)11(14(19)21-15(5,6)7)17-13(18)12-9(3)16-10(4)20-12/h8,11H,1-7H3,(H,17,18)/t11-/m0/s1. The molecule has 0 aliphatic heterocycles. The maximum Gasteiger partial charge on any atom is 0.329 e. The molecule has 0 aliphatic rings. The molecule has 0 radical (unpaired) electrons. The van der Waals surface area contributed by atoms with Crippen molar-refractivity contribution in [2.45, 2.75) is 60.1 Å². The van der Waals surface area contributed by atoms with Crippen molar-refractivity contribution in [2.24, 2.45) is 5.92 Å². The first-order valence-electron chi connectivity index (χ1n) is 6.99. The van der Waals surface area contributed by atoms with Crippen LogP contribution in [-0.2, 0) is 9.53 Å². The van der Waals surface area contributed by atoms with Crippen LogP contribution in [0.4, 0.5) is 0 Å². The Morgan fingerprint density at radius 1 is 1.24 bits per heavy atom. The van der Waals surface area contributed by atoms with Gasteiger partial charge in [-0.25, -0.2) is 9.78 Å². The number of nitrogens with zero attached hydrogens (tertiary/aromatic N) is 1. The van der Waals surface area contributed by atoms with Gasteiger partial charge >= 0.3 is 5.97 Å². The Morgan fingerprint density at radius 2 is 1.81 bits per heavy atom. The molecule has 0 fully saturated rings. The maximum atomic E-state index is 12.2. The summed E-state index contributed by atoms with van der Waals surface area (Å²) in [6.07, 6.45) is 0. The summed E-state index contributed by atoms with van der Waals surface area (Å²) in [7, 11) is 0. The topological polar surface area (TPSA) is 81.4 Å². The predicted octanol–water partition coefficient (Wildman–Crippen LogP) is 2.39. The summed E-state index contributed by atoms with van der Waals surface area (Å²) in [6.45, 7) is 12.4. The van der Waals surface area contributed by atoms with Gasteiger partial charge in [0.25, 0.3) is 5.91 Å². The smallest absolute Gasteiger partial charge is 0.329 e. The number of aromatic nitrogens is 1. The molecule has 1 heterocycles. The summed E-state index contributed by atoms with van der Waals surface area (Å²) in [5.41, 5.74) is -0.107. The second kappa shape index (κ2) is 6.28. The third kappa shape index (κ3) is 4.88. The number of hydrogen-bond acceptors (Lipinski definition) is 5. The molecular weight excluding hydrogens is 272 g/mol. The van der Waals surface area contributed by atoms with E-state index in [1.165, 1.54) is 0 Å². The number of esters is 1. The van der Waals surface area contributed by atoms with E-state index in [2.05, 4.69) is 10.3 Å². The summed E-state index contributed by atoms with van der Waals surface area (Å²) in [5.74, 6) is -0.483. The molecule has 1 atom stereocenters. The van der Waals surface area contributed by atoms with Crippen LogP contribution >= 0.6 is 0 Å². The first-order chi connectivity index (χ1) is 9.51. The van der Waals surface area contributed by atoms with Gasteiger partial charge in [-0.3, -0.25) is 4.79 Å². The van der Waals surface area contributed by atoms with Crippen LogP contribution < -0.4 is 5.32 Å². The van der Waals surface area contributed by atoms with E-state index in [1.54, 1.807) is 34.6 Å². The maximum absolute atomic E-state index is 12.2. The molecule has 0 saturated heterocycles. The van der Waals surface area contributed by atoms with Gasteiger partial charge in [-0.05, 0) is 33.6 Å². The van der Waals surface area contributed by atoms with Gasteiger partial charge in [0, 0.05) is 6.92 Å². The van der Waals surface area contributed by atoms with E-state index in [-0.39, 0.29) is 11.7 Å². The van der Waals surface area contributed by atoms with Crippen LogP contribution in [0.25, 0.3) is 0 Å². The average Bonchev–Trinajstić information content (AvgIpc) is 2.62. The average molecular weight is 296 g/mol. The van der Waals surface area contributed by atoms with Crippen molar-refractivity contribution < 1.29 is 18.7 Å². The molecule has 0 bridgehead atoms. The second-order valence-corrected chi connectivity index (χ2v) is 6.38. The number of ether oxygens (including phenoxy) is 1. The summed E-state index contributed by atoms with van der Waals surface area (Å²) >= 11 is 0. The van der Waals surface area contributed by atoms with Gasteiger partial charge in [0.15, 0.2) is 5.89 Å². The number of carbonyl (C=O) groups is 2. The van der Waals surface area contributed by atoms with Crippen LogP contribution in [0, 0.1) is 19.8 Å². The van der Waals surface area contributed by atoms with E-state index >= 15 is 0 Å². The molecule has 1 N–H and O–H groups in total. The number of carbonyl (C=O) groups excluding carboxylic acids is 2. The van der Waals surface area contributed by atoms with E-state index in [0.29, 0.717) is 11.6 Å². The highest BCUT2D eigenvalue weighted by molar-refractivity contribution is 5.95. The minimum Gasteiger partial charge on any atom is -0.458 e. The van der Waals surface area contributed by atoms with Crippen LogP contribution in [0.3, 0.4) is 0 Å².